The lowest BCUT2D eigenvalue weighted by Crippen LogP contribution is -2.38. The van der Waals surface area contributed by atoms with Crippen LogP contribution in [0, 0.1) is 5.92 Å². The summed E-state index contributed by atoms with van der Waals surface area (Å²) in [6.07, 6.45) is 4.36. The van der Waals surface area contributed by atoms with Crippen LogP contribution in [0.2, 0.25) is 0 Å². The molecule has 0 radical (unpaired) electrons. The minimum Gasteiger partial charge on any atom is -0.357 e. The average molecular weight is 328 g/mol. The molecule has 5 heteroatoms. The number of likely N-dealkylation sites (tertiary alicyclic amines) is 1. The number of carbonyl (C=O) groups is 1. The molecular formula is C19H28N4O. The standard InChI is InChI=1S/C19H28N4O/c1-2-20-19(21-12-15-8-9-15)22-13-16-5-3-6-17(11-16)14-23-10-4-7-18(23)24/h3,5-6,11,15H,2,4,7-10,12-14H2,1H3,(H2,20,21,22). The average Bonchev–Trinajstić information content (AvgIpc) is 3.33. The van der Waals surface area contributed by atoms with E-state index in [0.29, 0.717) is 13.0 Å². The zero-order chi connectivity index (χ0) is 16.8. The lowest BCUT2D eigenvalue weighted by molar-refractivity contribution is -0.128. The third kappa shape index (κ3) is 4.98. The van der Waals surface area contributed by atoms with Gasteiger partial charge >= 0.3 is 0 Å². The van der Waals surface area contributed by atoms with E-state index < -0.39 is 0 Å². The maximum absolute atomic E-state index is 11.8. The minimum atomic E-state index is 0.275. The summed E-state index contributed by atoms with van der Waals surface area (Å²) in [6, 6.07) is 8.42. The number of nitrogens with one attached hydrogen (secondary N) is 2. The molecular weight excluding hydrogens is 300 g/mol. The lowest BCUT2D eigenvalue weighted by Gasteiger charge is -2.16. The molecule has 1 aromatic rings. The zero-order valence-electron chi connectivity index (χ0n) is 14.6. The Balaban J connectivity index is 1.57. The van der Waals surface area contributed by atoms with Crippen molar-refractivity contribution < 1.29 is 4.79 Å². The fourth-order valence-corrected chi connectivity index (χ4v) is 2.99. The van der Waals surface area contributed by atoms with Crippen molar-refractivity contribution >= 4 is 11.9 Å². The van der Waals surface area contributed by atoms with Gasteiger partial charge in [-0.3, -0.25) is 4.79 Å². The molecule has 1 saturated heterocycles. The Kier molecular flexibility index (Phi) is 5.72. The molecule has 2 fully saturated rings. The van der Waals surface area contributed by atoms with Gasteiger partial charge < -0.3 is 15.5 Å². The second-order valence-electron chi connectivity index (χ2n) is 6.76. The normalized spacial score (nSPS) is 18.1. The number of nitrogens with zero attached hydrogens (tertiary/aromatic N) is 2. The van der Waals surface area contributed by atoms with Crippen molar-refractivity contribution in [1.82, 2.24) is 15.5 Å². The zero-order valence-corrected chi connectivity index (χ0v) is 14.6. The highest BCUT2D eigenvalue weighted by molar-refractivity contribution is 5.79. The maximum Gasteiger partial charge on any atom is 0.222 e. The summed E-state index contributed by atoms with van der Waals surface area (Å²) < 4.78 is 0. The van der Waals surface area contributed by atoms with E-state index in [2.05, 4.69) is 46.8 Å². The van der Waals surface area contributed by atoms with Crippen LogP contribution in [0.5, 0.6) is 0 Å². The summed E-state index contributed by atoms with van der Waals surface area (Å²) in [5, 5.41) is 6.72. The van der Waals surface area contributed by atoms with Crippen LogP contribution in [0.4, 0.5) is 0 Å². The van der Waals surface area contributed by atoms with Crippen LogP contribution in [0.3, 0.4) is 0 Å². The summed E-state index contributed by atoms with van der Waals surface area (Å²) in [5.74, 6) is 2.00. The fraction of sp³-hybridized carbons (Fsp3) is 0.579. The molecule has 24 heavy (non-hydrogen) atoms. The number of hydrogen-bond acceptors (Lipinski definition) is 2. The van der Waals surface area contributed by atoms with E-state index in [1.54, 1.807) is 0 Å². The Labute approximate surface area is 144 Å². The fourth-order valence-electron chi connectivity index (χ4n) is 2.99. The predicted octanol–water partition coefficient (Wildman–Crippen LogP) is 2.27. The molecule has 1 aliphatic carbocycles. The van der Waals surface area contributed by atoms with Crippen LogP contribution in [-0.2, 0) is 17.9 Å². The highest BCUT2D eigenvalue weighted by Crippen LogP contribution is 2.27. The molecule has 0 atom stereocenters. The molecule has 0 spiro atoms. The Hall–Kier alpha value is -2.04. The van der Waals surface area contributed by atoms with Gasteiger partial charge in [0, 0.05) is 32.6 Å². The first-order chi connectivity index (χ1) is 11.7. The molecule has 1 heterocycles. The summed E-state index contributed by atoms with van der Waals surface area (Å²) in [7, 11) is 0. The Morgan fingerprint density at radius 1 is 1.29 bits per heavy atom. The van der Waals surface area contributed by atoms with Gasteiger partial charge in [-0.1, -0.05) is 24.3 Å². The molecule has 2 aliphatic rings. The molecule has 5 nitrogen and oxygen atoms in total. The smallest absolute Gasteiger partial charge is 0.222 e. The molecule has 1 aromatic carbocycles. The Morgan fingerprint density at radius 3 is 2.83 bits per heavy atom. The van der Waals surface area contributed by atoms with Gasteiger partial charge in [-0.2, -0.15) is 0 Å². The summed E-state index contributed by atoms with van der Waals surface area (Å²) >= 11 is 0. The van der Waals surface area contributed by atoms with E-state index in [-0.39, 0.29) is 5.91 Å². The van der Waals surface area contributed by atoms with Gasteiger partial charge in [0.15, 0.2) is 5.96 Å². The number of amides is 1. The number of hydrogen-bond donors (Lipinski definition) is 2. The first kappa shape index (κ1) is 16.8. The molecule has 1 saturated carbocycles. The number of benzene rings is 1. The van der Waals surface area contributed by atoms with Crippen molar-refractivity contribution in [2.75, 3.05) is 19.6 Å². The van der Waals surface area contributed by atoms with Crippen molar-refractivity contribution in [3.63, 3.8) is 0 Å². The van der Waals surface area contributed by atoms with Crippen molar-refractivity contribution in [3.05, 3.63) is 35.4 Å². The van der Waals surface area contributed by atoms with E-state index in [0.717, 1.165) is 44.5 Å². The molecule has 130 valence electrons. The number of rotatable bonds is 7. The van der Waals surface area contributed by atoms with Gasteiger partial charge in [0.1, 0.15) is 0 Å². The summed E-state index contributed by atoms with van der Waals surface area (Å²) in [6.45, 7) is 6.23. The highest BCUT2D eigenvalue weighted by atomic mass is 16.2. The number of guanidine groups is 1. The topological polar surface area (TPSA) is 56.7 Å². The molecule has 3 rings (SSSR count). The van der Waals surface area contributed by atoms with Crippen LogP contribution in [0.15, 0.2) is 29.3 Å². The largest absolute Gasteiger partial charge is 0.357 e. The third-order valence-corrected chi connectivity index (χ3v) is 4.56. The van der Waals surface area contributed by atoms with E-state index in [4.69, 9.17) is 0 Å². The van der Waals surface area contributed by atoms with Crippen LogP contribution >= 0.6 is 0 Å². The van der Waals surface area contributed by atoms with E-state index in [9.17, 15) is 4.79 Å². The first-order valence-corrected chi connectivity index (χ1v) is 9.12. The number of aliphatic imine (C=N–C) groups is 1. The SMILES string of the molecule is CCNC(=NCc1cccc(CN2CCCC2=O)c1)NCC1CC1. The van der Waals surface area contributed by atoms with Gasteiger partial charge in [0.25, 0.3) is 0 Å². The van der Waals surface area contributed by atoms with Gasteiger partial charge in [0.2, 0.25) is 5.91 Å². The van der Waals surface area contributed by atoms with E-state index in [1.807, 2.05) is 4.90 Å². The summed E-state index contributed by atoms with van der Waals surface area (Å²) in [4.78, 5) is 18.4. The molecule has 0 unspecified atom stereocenters. The Bertz CT molecular complexity index is 595. The first-order valence-electron chi connectivity index (χ1n) is 9.12. The van der Waals surface area contributed by atoms with Crippen LogP contribution in [0.1, 0.15) is 43.7 Å². The van der Waals surface area contributed by atoms with Crippen LogP contribution < -0.4 is 10.6 Å². The second-order valence-corrected chi connectivity index (χ2v) is 6.76. The molecule has 0 bridgehead atoms. The molecule has 2 N–H and O–H groups in total. The summed E-state index contributed by atoms with van der Waals surface area (Å²) in [5.41, 5.74) is 2.37. The van der Waals surface area contributed by atoms with Crippen molar-refractivity contribution in [1.29, 1.82) is 0 Å². The molecule has 1 aliphatic heterocycles. The van der Waals surface area contributed by atoms with E-state index >= 15 is 0 Å². The van der Waals surface area contributed by atoms with Crippen molar-refractivity contribution in [2.45, 2.75) is 45.7 Å². The minimum absolute atomic E-state index is 0.275. The number of carbonyl (C=O) groups excluding carboxylic acids is 1. The van der Waals surface area contributed by atoms with E-state index in [1.165, 1.54) is 24.0 Å². The quantitative estimate of drug-likeness (QED) is 0.596. The Morgan fingerprint density at radius 2 is 2.12 bits per heavy atom. The van der Waals surface area contributed by atoms with Crippen molar-refractivity contribution in [3.8, 4) is 0 Å². The molecule has 0 aromatic heterocycles. The maximum atomic E-state index is 11.8. The van der Waals surface area contributed by atoms with Crippen LogP contribution in [0.25, 0.3) is 0 Å². The van der Waals surface area contributed by atoms with Crippen molar-refractivity contribution in [2.24, 2.45) is 10.9 Å². The van der Waals surface area contributed by atoms with Gasteiger partial charge in [-0.25, -0.2) is 4.99 Å². The lowest BCUT2D eigenvalue weighted by atomic mass is 10.1. The molecule has 1 amide bonds. The second kappa shape index (κ2) is 8.18. The van der Waals surface area contributed by atoms with Gasteiger partial charge in [0.05, 0.1) is 6.54 Å². The third-order valence-electron chi connectivity index (χ3n) is 4.56. The predicted molar refractivity (Wildman–Crippen MR) is 96.6 cm³/mol. The van der Waals surface area contributed by atoms with Gasteiger partial charge in [-0.15, -0.1) is 0 Å². The monoisotopic (exact) mass is 328 g/mol. The van der Waals surface area contributed by atoms with Gasteiger partial charge in [-0.05, 0) is 43.2 Å². The highest BCUT2D eigenvalue weighted by Gasteiger charge is 2.21. The van der Waals surface area contributed by atoms with Crippen LogP contribution in [-0.4, -0.2) is 36.4 Å².